The fourth-order valence-corrected chi connectivity index (χ4v) is 3.77. The molecule has 5 nitrogen and oxygen atoms in total. The first-order valence-electron chi connectivity index (χ1n) is 5.91. The zero-order valence-corrected chi connectivity index (χ0v) is 12.9. The van der Waals surface area contributed by atoms with Crippen LogP contribution in [0.2, 0.25) is 0 Å². The van der Waals surface area contributed by atoms with Gasteiger partial charge in [-0.1, -0.05) is 0 Å². The summed E-state index contributed by atoms with van der Waals surface area (Å²) < 4.78 is 53.8. The van der Waals surface area contributed by atoms with Gasteiger partial charge in [0.25, 0.3) is 10.0 Å². The Morgan fingerprint density at radius 1 is 1.33 bits per heavy atom. The molecule has 0 spiro atoms. The highest BCUT2D eigenvalue weighted by Crippen LogP contribution is 2.24. The van der Waals surface area contributed by atoms with Gasteiger partial charge in [-0.05, 0) is 31.7 Å². The molecule has 2 rings (SSSR count). The van der Waals surface area contributed by atoms with E-state index in [2.05, 4.69) is 15.0 Å². The van der Waals surface area contributed by atoms with Gasteiger partial charge >= 0.3 is 0 Å². The van der Waals surface area contributed by atoms with Crippen molar-refractivity contribution >= 4 is 26.5 Å². The number of benzene rings is 1. The van der Waals surface area contributed by atoms with Crippen molar-refractivity contribution in [1.29, 1.82) is 0 Å². The molecule has 2 N–H and O–H groups in total. The Morgan fingerprint density at radius 3 is 2.62 bits per heavy atom. The molecule has 1 heterocycles. The number of sulfonamides is 1. The fourth-order valence-electron chi connectivity index (χ4n) is 1.69. The summed E-state index contributed by atoms with van der Waals surface area (Å²) in [4.78, 5) is 3.20. The van der Waals surface area contributed by atoms with E-state index in [1.165, 1.54) is 0 Å². The van der Waals surface area contributed by atoms with E-state index >= 15 is 0 Å². The van der Waals surface area contributed by atoms with Crippen LogP contribution in [0.5, 0.6) is 0 Å². The molecule has 0 aliphatic carbocycles. The smallest absolute Gasteiger partial charge is 0.266 e. The Kier molecular flexibility index (Phi) is 4.55. The van der Waals surface area contributed by atoms with Gasteiger partial charge in [-0.3, -0.25) is 4.72 Å². The predicted molar refractivity (Wildman–Crippen MR) is 76.8 cm³/mol. The Balaban J connectivity index is 2.43. The Morgan fingerprint density at radius 2 is 2.05 bits per heavy atom. The molecular formula is C12H13F2N3O2S2. The molecule has 0 amide bonds. The van der Waals surface area contributed by atoms with Gasteiger partial charge < -0.3 is 5.32 Å². The van der Waals surface area contributed by atoms with Gasteiger partial charge in [0.15, 0.2) is 16.8 Å². The van der Waals surface area contributed by atoms with Crippen molar-refractivity contribution in [2.75, 3.05) is 11.8 Å². The SMILES string of the molecule is CNCc1cc(F)c(F)c(S(=O)(=O)Nc2nc(C)cs2)c1. The van der Waals surface area contributed by atoms with E-state index in [4.69, 9.17) is 0 Å². The van der Waals surface area contributed by atoms with E-state index in [0.29, 0.717) is 11.3 Å². The van der Waals surface area contributed by atoms with Crippen LogP contribution in [0, 0.1) is 18.6 Å². The second kappa shape index (κ2) is 6.04. The zero-order valence-electron chi connectivity index (χ0n) is 11.3. The van der Waals surface area contributed by atoms with Crippen molar-refractivity contribution in [3.63, 3.8) is 0 Å². The lowest BCUT2D eigenvalue weighted by Crippen LogP contribution is -2.16. The molecule has 0 aliphatic heterocycles. The molecule has 0 bridgehead atoms. The largest absolute Gasteiger partial charge is 0.316 e. The summed E-state index contributed by atoms with van der Waals surface area (Å²) in [7, 11) is -2.62. The molecule has 114 valence electrons. The van der Waals surface area contributed by atoms with Gasteiger partial charge in [0.1, 0.15) is 4.90 Å². The van der Waals surface area contributed by atoms with Gasteiger partial charge in [-0.25, -0.2) is 22.2 Å². The molecule has 0 saturated carbocycles. The highest BCUT2D eigenvalue weighted by molar-refractivity contribution is 7.93. The van der Waals surface area contributed by atoms with Crippen LogP contribution in [0.4, 0.5) is 13.9 Å². The van der Waals surface area contributed by atoms with Gasteiger partial charge in [0.2, 0.25) is 0 Å². The summed E-state index contributed by atoms with van der Waals surface area (Å²) in [5.74, 6) is -2.62. The third-order valence-corrected chi connectivity index (χ3v) is 4.91. The third-order valence-electron chi connectivity index (χ3n) is 2.57. The summed E-state index contributed by atoms with van der Waals surface area (Å²) in [5, 5.41) is 4.50. The number of rotatable bonds is 5. The van der Waals surface area contributed by atoms with Gasteiger partial charge in [0, 0.05) is 11.9 Å². The molecular weight excluding hydrogens is 320 g/mol. The van der Waals surface area contributed by atoms with Crippen LogP contribution in [0.3, 0.4) is 0 Å². The van der Waals surface area contributed by atoms with Crippen LogP contribution in [-0.4, -0.2) is 20.4 Å². The van der Waals surface area contributed by atoms with Crippen molar-refractivity contribution in [3.05, 3.63) is 40.4 Å². The minimum absolute atomic E-state index is 0.103. The monoisotopic (exact) mass is 333 g/mol. The first kappa shape index (κ1) is 15.8. The molecule has 0 aliphatic rings. The quantitative estimate of drug-likeness (QED) is 0.880. The van der Waals surface area contributed by atoms with E-state index in [1.54, 1.807) is 19.4 Å². The van der Waals surface area contributed by atoms with Crippen LogP contribution >= 0.6 is 11.3 Å². The first-order chi connectivity index (χ1) is 9.83. The number of hydrogen-bond donors (Lipinski definition) is 2. The lowest BCUT2D eigenvalue weighted by molar-refractivity contribution is 0.483. The Labute approximate surface area is 125 Å². The molecule has 0 atom stereocenters. The highest BCUT2D eigenvalue weighted by Gasteiger charge is 2.24. The van der Waals surface area contributed by atoms with Crippen LogP contribution in [0.15, 0.2) is 22.4 Å². The third kappa shape index (κ3) is 3.55. The van der Waals surface area contributed by atoms with E-state index in [-0.39, 0.29) is 11.7 Å². The Bertz CT molecular complexity index is 760. The molecule has 2 aromatic rings. The maximum absolute atomic E-state index is 13.8. The lowest BCUT2D eigenvalue weighted by Gasteiger charge is -2.09. The number of aromatic nitrogens is 1. The summed E-state index contributed by atoms with van der Waals surface area (Å²) in [5.41, 5.74) is 0.959. The summed E-state index contributed by atoms with van der Waals surface area (Å²) in [6, 6.07) is 2.05. The zero-order chi connectivity index (χ0) is 15.6. The van der Waals surface area contributed by atoms with Crippen LogP contribution in [0.25, 0.3) is 0 Å². The number of hydrogen-bond acceptors (Lipinski definition) is 5. The van der Waals surface area contributed by atoms with Crippen molar-refractivity contribution in [1.82, 2.24) is 10.3 Å². The standard InChI is InChI=1S/C12H13F2N3O2S2/c1-7-6-20-12(16-7)17-21(18,19)10-4-8(5-15-2)3-9(13)11(10)14/h3-4,6,15H,5H2,1-2H3,(H,16,17). The van der Waals surface area contributed by atoms with Crippen LogP contribution in [-0.2, 0) is 16.6 Å². The van der Waals surface area contributed by atoms with E-state index in [0.717, 1.165) is 23.5 Å². The minimum atomic E-state index is -4.24. The van der Waals surface area contributed by atoms with E-state index < -0.39 is 26.6 Å². The minimum Gasteiger partial charge on any atom is -0.316 e. The topological polar surface area (TPSA) is 71.1 Å². The summed E-state index contributed by atoms with van der Waals surface area (Å²) in [6.07, 6.45) is 0. The van der Waals surface area contributed by atoms with Gasteiger partial charge in [0.05, 0.1) is 5.69 Å². The summed E-state index contributed by atoms with van der Waals surface area (Å²) >= 11 is 1.07. The fraction of sp³-hybridized carbons (Fsp3) is 0.250. The number of halogens is 2. The van der Waals surface area contributed by atoms with Crippen LogP contribution in [0.1, 0.15) is 11.3 Å². The number of nitrogens with zero attached hydrogens (tertiary/aromatic N) is 1. The average Bonchev–Trinajstić information content (AvgIpc) is 2.78. The molecule has 9 heteroatoms. The van der Waals surface area contributed by atoms with Gasteiger partial charge in [-0.2, -0.15) is 0 Å². The molecule has 0 unspecified atom stereocenters. The second-order valence-electron chi connectivity index (χ2n) is 4.32. The van der Waals surface area contributed by atoms with E-state index in [9.17, 15) is 17.2 Å². The Hall–Kier alpha value is -1.58. The molecule has 0 radical (unpaired) electrons. The van der Waals surface area contributed by atoms with Crippen LogP contribution < -0.4 is 10.0 Å². The molecule has 21 heavy (non-hydrogen) atoms. The van der Waals surface area contributed by atoms with E-state index in [1.807, 2.05) is 0 Å². The number of nitrogens with one attached hydrogen (secondary N) is 2. The van der Waals surface area contributed by atoms with Crippen molar-refractivity contribution in [2.24, 2.45) is 0 Å². The number of thiazole rings is 1. The normalized spacial score (nSPS) is 11.6. The number of aryl methyl sites for hydroxylation is 1. The first-order valence-corrected chi connectivity index (χ1v) is 8.27. The molecule has 1 aromatic heterocycles. The predicted octanol–water partition coefficient (Wildman–Crippen LogP) is 2.25. The maximum atomic E-state index is 13.8. The lowest BCUT2D eigenvalue weighted by atomic mass is 10.2. The van der Waals surface area contributed by atoms with Crippen molar-refractivity contribution in [3.8, 4) is 0 Å². The van der Waals surface area contributed by atoms with Crippen molar-refractivity contribution in [2.45, 2.75) is 18.4 Å². The van der Waals surface area contributed by atoms with Gasteiger partial charge in [-0.15, -0.1) is 11.3 Å². The molecule has 0 saturated heterocycles. The molecule has 0 fully saturated rings. The summed E-state index contributed by atoms with van der Waals surface area (Å²) in [6.45, 7) is 1.91. The number of anilines is 1. The van der Waals surface area contributed by atoms with Crippen molar-refractivity contribution < 1.29 is 17.2 Å². The average molecular weight is 333 g/mol. The molecule has 1 aromatic carbocycles. The maximum Gasteiger partial charge on any atom is 0.266 e. The highest BCUT2D eigenvalue weighted by atomic mass is 32.2. The second-order valence-corrected chi connectivity index (χ2v) is 6.83.